The first-order valence-electron chi connectivity index (χ1n) is 46.3. The molecule has 0 fully saturated rings. The van der Waals surface area contributed by atoms with Gasteiger partial charge in [-0.15, -0.1) is 0 Å². The minimum atomic E-state index is -0.710. The smallest absolute Gasteiger partial charge is 0.252 e. The van der Waals surface area contributed by atoms with Gasteiger partial charge in [0, 0.05) is 111 Å². The Morgan fingerprint density at radius 1 is 0.201 bits per heavy atom. The second-order valence-corrected chi connectivity index (χ2v) is 35.9. The summed E-state index contributed by atoms with van der Waals surface area (Å²) < 4.78 is 19.0. The third-order valence-electron chi connectivity index (χ3n) is 28.9. The van der Waals surface area contributed by atoms with E-state index in [1.54, 1.807) is 0 Å². The lowest BCUT2D eigenvalue weighted by Crippen LogP contribution is -2.61. The fourth-order valence-corrected chi connectivity index (χ4v) is 23.3. The minimum Gasteiger partial charge on any atom is -0.455 e. The van der Waals surface area contributed by atoms with E-state index in [1.165, 1.54) is 38.8 Å². The Kier molecular flexibility index (Phi) is 16.8. The van der Waals surface area contributed by atoms with Gasteiger partial charge in [0.15, 0.2) is 0 Å². The highest BCUT2D eigenvalue weighted by Crippen LogP contribution is 2.60. The number of furan rings is 2. The second kappa shape index (κ2) is 29.8. The molecule has 25 aromatic rings. The topological polar surface area (TPSA) is 42.6 Å². The Labute approximate surface area is 774 Å². The van der Waals surface area contributed by atoms with Crippen LogP contribution in [-0.2, 0) is 5.41 Å². The Morgan fingerprint density at radius 3 is 0.985 bits per heavy atom. The quantitative estimate of drug-likeness (QED) is 0.108. The van der Waals surface area contributed by atoms with E-state index in [-0.39, 0.29) is 0 Å². The molecule has 0 N–H and O–H groups in total. The van der Waals surface area contributed by atoms with Crippen LogP contribution in [0.4, 0.5) is 34.1 Å². The summed E-state index contributed by atoms with van der Waals surface area (Å²) in [6.45, 7) is -0.459. The summed E-state index contributed by atoms with van der Waals surface area (Å²) >= 11 is 0. The molecular weight excluding hydrogens is 1620 g/mol. The van der Waals surface area contributed by atoms with Crippen LogP contribution in [0.5, 0.6) is 0 Å². The molecule has 622 valence electrons. The van der Waals surface area contributed by atoms with E-state index in [2.05, 4.69) is 498 Å². The molecule has 0 atom stereocenters. The highest BCUT2D eigenvalue weighted by Gasteiger charge is 2.49. The van der Waals surface area contributed by atoms with E-state index >= 15 is 0 Å². The molecule has 21 aromatic carbocycles. The van der Waals surface area contributed by atoms with E-state index < -0.39 is 12.1 Å². The Hall–Kier alpha value is -17.5. The zero-order chi connectivity index (χ0) is 87.8. The molecule has 6 heterocycles. The molecule has 0 unspecified atom stereocenters. The maximum atomic E-state index is 6.97. The summed E-state index contributed by atoms with van der Waals surface area (Å²) in [5, 5.41) is 8.81. The van der Waals surface area contributed by atoms with Crippen LogP contribution in [-0.4, -0.2) is 15.8 Å². The van der Waals surface area contributed by atoms with Crippen LogP contribution in [0.15, 0.2) is 488 Å². The molecule has 28 rings (SSSR count). The van der Waals surface area contributed by atoms with E-state index in [9.17, 15) is 0 Å². The first-order chi connectivity index (χ1) is 66.5. The van der Waals surface area contributed by atoms with E-state index in [0.717, 1.165) is 222 Å². The number of hydrogen-bond donors (Lipinski definition) is 0. The highest BCUT2D eigenvalue weighted by atomic mass is 16.3. The average Bonchev–Trinajstić information content (AvgIpc) is 1.08. The summed E-state index contributed by atoms with van der Waals surface area (Å²) in [7, 11) is 0. The molecule has 134 heavy (non-hydrogen) atoms. The van der Waals surface area contributed by atoms with Crippen molar-refractivity contribution in [2.45, 2.75) is 5.41 Å². The summed E-state index contributed by atoms with van der Waals surface area (Å²) in [5.74, 6) is 0. The summed E-state index contributed by atoms with van der Waals surface area (Å²) in [5.41, 5.74) is 41.5. The lowest BCUT2D eigenvalue weighted by Gasteiger charge is -2.46. The molecular formula is C127H79BN4O2. The molecule has 3 aliphatic rings. The van der Waals surface area contributed by atoms with Crippen LogP contribution in [0.1, 0.15) is 22.3 Å². The maximum absolute atomic E-state index is 6.97. The van der Waals surface area contributed by atoms with Gasteiger partial charge in [-0.25, -0.2) is 0 Å². The first-order valence-corrected chi connectivity index (χ1v) is 46.3. The van der Waals surface area contributed by atoms with E-state index in [4.69, 9.17) is 8.83 Å². The minimum absolute atomic E-state index is 0.459. The molecule has 6 nitrogen and oxygen atoms in total. The van der Waals surface area contributed by atoms with E-state index in [1.807, 2.05) is 0 Å². The number of nitrogens with zero attached hydrogens (tertiary/aromatic N) is 4. The number of benzene rings is 21. The molecule has 0 radical (unpaired) electrons. The average molecular weight is 1700 g/mol. The van der Waals surface area contributed by atoms with Crippen molar-refractivity contribution in [2.24, 2.45) is 0 Å². The summed E-state index contributed by atoms with van der Waals surface area (Å²) in [6, 6.07) is 180. The highest BCUT2D eigenvalue weighted by molar-refractivity contribution is 7.00. The van der Waals surface area contributed by atoms with Gasteiger partial charge < -0.3 is 27.8 Å². The Balaban J connectivity index is 0.824. The van der Waals surface area contributed by atoms with Crippen molar-refractivity contribution in [1.82, 2.24) is 9.13 Å². The van der Waals surface area contributed by atoms with Crippen molar-refractivity contribution in [3.8, 4) is 100 Å². The van der Waals surface area contributed by atoms with Crippen molar-refractivity contribution in [3.63, 3.8) is 0 Å². The summed E-state index contributed by atoms with van der Waals surface area (Å²) in [6.07, 6.45) is 0. The number of anilines is 6. The molecule has 4 aromatic heterocycles. The fourth-order valence-electron chi connectivity index (χ4n) is 23.3. The van der Waals surface area contributed by atoms with Gasteiger partial charge in [0.05, 0.1) is 38.9 Å². The summed E-state index contributed by atoms with van der Waals surface area (Å²) in [4.78, 5) is 5.47. The van der Waals surface area contributed by atoms with Crippen LogP contribution >= 0.6 is 0 Å². The van der Waals surface area contributed by atoms with Gasteiger partial charge in [-0.2, -0.15) is 0 Å². The zero-order valence-corrected chi connectivity index (χ0v) is 72.8. The molecule has 7 heteroatoms. The van der Waals surface area contributed by atoms with Gasteiger partial charge in [0.2, 0.25) is 0 Å². The standard InChI is InChI=1S/C127H79BN4O2/c1-9-35-80(36-10-1)92-54-31-55-93(81-37-11-2-12-38-81)123(92)131-116-76-106-104-71-85(96-58-33-60-102-100-52-26-29-63-120(100)133-125(96)102)66-69-112(104)129(90-47-21-7-22-48-90)114(106)78-110(116)128-111-79-115-107(105-72-86(67-70-113(105)130(115)91-49-23-8-24-50-91)97-59-34-61-103-101-53-27-30-64-121(101)134-126(97)103)77-117(111)132(124-94(82-39-13-3-14-40-82)56-32-57-95(124)83-41-15-4-16-42-83)119-75-87(74-118(131)122(119)128)84-65-68-99-98-51-25-28-62-108(98)127(109(99)73-84,88-43-17-5-18-44-88)89-45-19-6-20-46-89/h1-79H. The number of hydrogen-bond acceptors (Lipinski definition) is 4. The lowest BCUT2D eigenvalue weighted by atomic mass is 9.33. The van der Waals surface area contributed by atoms with Gasteiger partial charge in [0.25, 0.3) is 6.71 Å². The SMILES string of the molecule is c1ccc(-c2cccc(-c3ccccc3)c2N2c3cc4c5cc(-c6cccc7c6oc6ccccc67)ccc5n(-c5ccccc5)c4cc3B3c4cc5c(cc4N(c4c(-c6ccccc6)cccc4-c4ccccc4)c4cc(-c6ccc7c(c6)C(c6ccccc6)(c6ccccc6)c6ccccc6-7)cc2c43)c2cc(-c3cccc4c3oc3ccccc34)ccc2n5-c2ccccc2)cc1. The Morgan fingerprint density at radius 2 is 0.545 bits per heavy atom. The molecule has 0 spiro atoms. The van der Waals surface area contributed by atoms with Crippen LogP contribution in [0.3, 0.4) is 0 Å². The predicted octanol–water partition coefficient (Wildman–Crippen LogP) is 31.8. The number of fused-ring (bicyclic) bond motifs is 19. The number of aromatic nitrogens is 2. The van der Waals surface area contributed by atoms with Crippen molar-refractivity contribution in [1.29, 1.82) is 0 Å². The predicted molar refractivity (Wildman–Crippen MR) is 559 cm³/mol. The van der Waals surface area contributed by atoms with Crippen LogP contribution in [0.2, 0.25) is 0 Å². The maximum Gasteiger partial charge on any atom is 0.252 e. The van der Waals surface area contributed by atoms with Crippen molar-refractivity contribution in [2.75, 3.05) is 9.80 Å². The first kappa shape index (κ1) is 75.5. The Bertz CT molecular complexity index is 8530. The second-order valence-electron chi connectivity index (χ2n) is 35.9. The van der Waals surface area contributed by atoms with Crippen molar-refractivity contribution < 1.29 is 8.83 Å². The lowest BCUT2D eigenvalue weighted by molar-refractivity contribution is 0.669. The largest absolute Gasteiger partial charge is 0.455 e. The zero-order valence-electron chi connectivity index (χ0n) is 72.8. The molecule has 0 bridgehead atoms. The van der Waals surface area contributed by atoms with E-state index in [0.29, 0.717) is 0 Å². The van der Waals surface area contributed by atoms with Gasteiger partial charge in [0.1, 0.15) is 22.3 Å². The van der Waals surface area contributed by atoms with Gasteiger partial charge >= 0.3 is 0 Å². The molecule has 0 amide bonds. The van der Waals surface area contributed by atoms with Crippen molar-refractivity contribution >= 4 is 145 Å². The molecule has 0 saturated carbocycles. The van der Waals surface area contributed by atoms with Crippen LogP contribution in [0, 0.1) is 0 Å². The fraction of sp³-hybridized carbons (Fsp3) is 0.00787. The van der Waals surface area contributed by atoms with Crippen LogP contribution < -0.4 is 26.2 Å². The van der Waals surface area contributed by atoms with Gasteiger partial charge in [-0.3, -0.25) is 0 Å². The van der Waals surface area contributed by atoms with Crippen LogP contribution in [0.25, 0.3) is 188 Å². The number of para-hydroxylation sites is 8. The third kappa shape index (κ3) is 11.2. The molecule has 0 saturated heterocycles. The monoisotopic (exact) mass is 1700 g/mol. The molecule has 2 aliphatic heterocycles. The third-order valence-corrected chi connectivity index (χ3v) is 28.9. The number of rotatable bonds is 13. The van der Waals surface area contributed by atoms with Gasteiger partial charge in [-0.1, -0.05) is 376 Å². The normalized spacial score (nSPS) is 12.9. The molecule has 1 aliphatic carbocycles. The van der Waals surface area contributed by atoms with Crippen molar-refractivity contribution in [3.05, 3.63) is 501 Å². The van der Waals surface area contributed by atoms with Gasteiger partial charge in [-0.05, 0) is 197 Å².